The Labute approximate surface area is 113 Å². The van der Waals surface area contributed by atoms with E-state index in [-0.39, 0.29) is 11.4 Å². The molecule has 1 aliphatic carbocycles. The Bertz CT molecular complexity index is 457. The summed E-state index contributed by atoms with van der Waals surface area (Å²) < 4.78 is 13.3. The molecule has 1 aliphatic rings. The van der Waals surface area contributed by atoms with Gasteiger partial charge in [0.2, 0.25) is 0 Å². The van der Waals surface area contributed by atoms with Gasteiger partial charge >= 0.3 is 5.97 Å². The van der Waals surface area contributed by atoms with Gasteiger partial charge in [0.05, 0.1) is 5.56 Å². The molecule has 1 aromatic carbocycles. The highest BCUT2D eigenvalue weighted by molar-refractivity contribution is 5.89. The van der Waals surface area contributed by atoms with Crippen LogP contribution in [0.1, 0.15) is 42.1 Å². The summed E-state index contributed by atoms with van der Waals surface area (Å²) in [6, 6.07) is 3.90. The number of hydrogen-bond acceptors (Lipinski definition) is 2. The van der Waals surface area contributed by atoms with Crippen molar-refractivity contribution in [2.45, 2.75) is 32.7 Å². The molecule has 4 heteroatoms. The minimum atomic E-state index is -0.991. The van der Waals surface area contributed by atoms with E-state index in [0.29, 0.717) is 12.1 Å². The molecule has 0 aliphatic heterocycles. The van der Waals surface area contributed by atoms with E-state index in [9.17, 15) is 9.18 Å². The second kappa shape index (κ2) is 6.15. The van der Waals surface area contributed by atoms with E-state index in [0.717, 1.165) is 19.0 Å². The smallest absolute Gasteiger partial charge is 0.336 e. The number of carboxylic acid groups (broad SMARTS) is 1. The van der Waals surface area contributed by atoms with Crippen LogP contribution in [-0.2, 0) is 6.54 Å². The van der Waals surface area contributed by atoms with Crippen molar-refractivity contribution in [2.24, 2.45) is 5.92 Å². The molecule has 0 bridgehead atoms. The summed E-state index contributed by atoms with van der Waals surface area (Å²) >= 11 is 0. The molecule has 1 fully saturated rings. The van der Waals surface area contributed by atoms with E-state index in [1.54, 1.807) is 0 Å². The maximum atomic E-state index is 13.3. The minimum Gasteiger partial charge on any atom is -0.478 e. The summed E-state index contributed by atoms with van der Waals surface area (Å²) in [5, 5.41) is 9.14. The first-order valence-electron chi connectivity index (χ1n) is 6.84. The second-order valence-corrected chi connectivity index (χ2v) is 5.23. The normalized spacial score (nSPS) is 15.5. The second-order valence-electron chi connectivity index (χ2n) is 5.23. The van der Waals surface area contributed by atoms with E-state index in [2.05, 4.69) is 11.8 Å². The number of aromatic carboxylic acids is 1. The third kappa shape index (κ3) is 3.53. The molecule has 0 amide bonds. The number of nitrogens with zero attached hydrogens (tertiary/aromatic N) is 1. The molecule has 0 atom stereocenters. The minimum absolute atomic E-state index is 0.202. The molecule has 104 valence electrons. The van der Waals surface area contributed by atoms with Crippen molar-refractivity contribution in [3.63, 3.8) is 0 Å². The van der Waals surface area contributed by atoms with Gasteiger partial charge in [0, 0.05) is 13.1 Å². The van der Waals surface area contributed by atoms with E-state index in [1.165, 1.54) is 37.5 Å². The van der Waals surface area contributed by atoms with Crippen molar-refractivity contribution >= 4 is 5.97 Å². The van der Waals surface area contributed by atoms with Crippen LogP contribution in [0.3, 0.4) is 0 Å². The van der Waals surface area contributed by atoms with Gasteiger partial charge in [0.15, 0.2) is 0 Å². The first kappa shape index (κ1) is 14.0. The fraction of sp³-hybridized carbons (Fsp3) is 0.533. The summed E-state index contributed by atoms with van der Waals surface area (Å²) in [5.74, 6) is -0.642. The maximum Gasteiger partial charge on any atom is 0.336 e. The van der Waals surface area contributed by atoms with Gasteiger partial charge in [-0.15, -0.1) is 0 Å². The van der Waals surface area contributed by atoms with E-state index < -0.39 is 5.97 Å². The molecular weight excluding hydrogens is 245 g/mol. The molecule has 0 unspecified atom stereocenters. The van der Waals surface area contributed by atoms with Crippen LogP contribution < -0.4 is 0 Å². The Hall–Kier alpha value is -1.42. The third-order valence-electron chi connectivity index (χ3n) is 3.88. The van der Waals surface area contributed by atoms with Crippen molar-refractivity contribution in [3.05, 3.63) is 35.1 Å². The predicted molar refractivity (Wildman–Crippen MR) is 71.7 cm³/mol. The van der Waals surface area contributed by atoms with Crippen molar-refractivity contribution in [1.82, 2.24) is 4.90 Å². The fourth-order valence-electron chi connectivity index (χ4n) is 2.49. The van der Waals surface area contributed by atoms with Crippen molar-refractivity contribution in [3.8, 4) is 0 Å². The molecule has 2 rings (SSSR count). The molecule has 3 nitrogen and oxygen atoms in total. The van der Waals surface area contributed by atoms with Gasteiger partial charge in [-0.1, -0.05) is 13.3 Å². The first-order valence-corrected chi connectivity index (χ1v) is 6.84. The average Bonchev–Trinajstić information content (AvgIpc) is 2.31. The Kier molecular flexibility index (Phi) is 4.53. The van der Waals surface area contributed by atoms with Crippen LogP contribution in [0.15, 0.2) is 18.2 Å². The molecule has 1 aromatic rings. The zero-order valence-corrected chi connectivity index (χ0v) is 11.2. The van der Waals surface area contributed by atoms with Gasteiger partial charge < -0.3 is 5.11 Å². The maximum absolute atomic E-state index is 13.3. The van der Waals surface area contributed by atoms with Gasteiger partial charge in [-0.25, -0.2) is 9.18 Å². The Morgan fingerprint density at radius 3 is 2.74 bits per heavy atom. The van der Waals surface area contributed by atoms with Crippen LogP contribution in [-0.4, -0.2) is 29.1 Å². The van der Waals surface area contributed by atoms with Crippen LogP contribution in [0.5, 0.6) is 0 Å². The monoisotopic (exact) mass is 265 g/mol. The van der Waals surface area contributed by atoms with Gasteiger partial charge in [0.1, 0.15) is 5.82 Å². The number of carbonyl (C=O) groups is 1. The lowest BCUT2D eigenvalue weighted by atomic mass is 9.85. The van der Waals surface area contributed by atoms with Gasteiger partial charge in [-0.2, -0.15) is 0 Å². The van der Waals surface area contributed by atoms with Gasteiger partial charge in [-0.3, -0.25) is 4.90 Å². The number of halogens is 1. The van der Waals surface area contributed by atoms with Crippen LogP contribution in [0.4, 0.5) is 4.39 Å². The van der Waals surface area contributed by atoms with Crippen molar-refractivity contribution in [1.29, 1.82) is 0 Å². The molecule has 1 saturated carbocycles. The Morgan fingerprint density at radius 2 is 2.21 bits per heavy atom. The van der Waals surface area contributed by atoms with Gasteiger partial charge in [-0.05, 0) is 49.1 Å². The SMILES string of the molecule is CCN(Cc1cc(F)ccc1C(=O)O)CC1CCC1. The predicted octanol–water partition coefficient (Wildman–Crippen LogP) is 3.15. The summed E-state index contributed by atoms with van der Waals surface area (Å²) in [5.41, 5.74) is 0.766. The third-order valence-corrected chi connectivity index (χ3v) is 3.88. The summed E-state index contributed by atoms with van der Waals surface area (Å²) in [7, 11) is 0. The summed E-state index contributed by atoms with van der Waals surface area (Å²) in [6.45, 7) is 4.39. The molecule has 19 heavy (non-hydrogen) atoms. The number of hydrogen-bond donors (Lipinski definition) is 1. The average molecular weight is 265 g/mol. The molecule has 0 spiro atoms. The Balaban J connectivity index is 2.10. The van der Waals surface area contributed by atoms with E-state index in [1.807, 2.05) is 0 Å². The van der Waals surface area contributed by atoms with Crippen LogP contribution in [0.25, 0.3) is 0 Å². The van der Waals surface area contributed by atoms with E-state index in [4.69, 9.17) is 5.11 Å². The zero-order valence-electron chi connectivity index (χ0n) is 11.2. The lowest BCUT2D eigenvalue weighted by Gasteiger charge is -2.32. The molecule has 0 saturated heterocycles. The molecule has 0 aromatic heterocycles. The topological polar surface area (TPSA) is 40.5 Å². The highest BCUT2D eigenvalue weighted by atomic mass is 19.1. The molecule has 1 N–H and O–H groups in total. The standard InChI is InChI=1S/C15H20FNO2/c1-2-17(9-11-4-3-5-11)10-12-8-13(16)6-7-14(12)15(18)19/h6-8,11H,2-5,9-10H2,1H3,(H,18,19). The number of rotatable bonds is 6. The van der Waals surface area contributed by atoms with Crippen LogP contribution in [0, 0.1) is 11.7 Å². The number of carboxylic acids is 1. The zero-order chi connectivity index (χ0) is 13.8. The quantitative estimate of drug-likeness (QED) is 0.859. The highest BCUT2D eigenvalue weighted by Gasteiger charge is 2.21. The lowest BCUT2D eigenvalue weighted by Crippen LogP contribution is -2.32. The largest absolute Gasteiger partial charge is 0.478 e. The van der Waals surface area contributed by atoms with Crippen molar-refractivity contribution < 1.29 is 14.3 Å². The van der Waals surface area contributed by atoms with E-state index >= 15 is 0 Å². The van der Waals surface area contributed by atoms with Crippen molar-refractivity contribution in [2.75, 3.05) is 13.1 Å². The highest BCUT2D eigenvalue weighted by Crippen LogP contribution is 2.27. The Morgan fingerprint density at radius 1 is 1.47 bits per heavy atom. The molecule has 0 radical (unpaired) electrons. The number of benzene rings is 1. The summed E-state index contributed by atoms with van der Waals surface area (Å²) in [4.78, 5) is 13.4. The van der Waals surface area contributed by atoms with Crippen LogP contribution >= 0.6 is 0 Å². The van der Waals surface area contributed by atoms with Crippen LogP contribution in [0.2, 0.25) is 0 Å². The lowest BCUT2D eigenvalue weighted by molar-refractivity contribution is 0.0694. The molecular formula is C15H20FNO2. The first-order chi connectivity index (χ1) is 9.10. The van der Waals surface area contributed by atoms with Gasteiger partial charge in [0.25, 0.3) is 0 Å². The summed E-state index contributed by atoms with van der Waals surface area (Å²) in [6.07, 6.45) is 3.80. The fourth-order valence-corrected chi connectivity index (χ4v) is 2.49. The molecule has 0 heterocycles.